The number of hydrogen-bond acceptors (Lipinski definition) is 7. The zero-order valence-corrected chi connectivity index (χ0v) is 23.6. The first-order valence-electron chi connectivity index (χ1n) is 12.3. The lowest BCUT2D eigenvalue weighted by Crippen LogP contribution is -2.44. The first-order chi connectivity index (χ1) is 18.1. The highest BCUT2D eigenvalue weighted by Gasteiger charge is 2.48. The molecule has 1 unspecified atom stereocenters. The normalized spacial score (nSPS) is 19.3. The number of likely N-dealkylation sites (tertiary alicyclic amines) is 1. The van der Waals surface area contributed by atoms with E-state index in [-0.39, 0.29) is 67.2 Å². The van der Waals surface area contributed by atoms with Gasteiger partial charge in [0.05, 0.1) is 11.6 Å². The van der Waals surface area contributed by atoms with Gasteiger partial charge in [-0.1, -0.05) is 12.1 Å². The Kier molecular flexibility index (Phi) is 9.84. The Morgan fingerprint density at radius 2 is 1.88 bits per heavy atom. The summed E-state index contributed by atoms with van der Waals surface area (Å²) in [5.41, 5.74) is 7.25. The van der Waals surface area contributed by atoms with Crippen LogP contribution in [-0.2, 0) is 4.74 Å². The summed E-state index contributed by atoms with van der Waals surface area (Å²) in [6.07, 6.45) is -2.86. The summed E-state index contributed by atoms with van der Waals surface area (Å²) in [6.45, 7) is 3.91. The van der Waals surface area contributed by atoms with Gasteiger partial charge in [0.1, 0.15) is 18.3 Å². The van der Waals surface area contributed by atoms with Crippen LogP contribution in [0.25, 0.3) is 28.1 Å². The van der Waals surface area contributed by atoms with E-state index in [1.807, 2.05) is 0 Å². The molecule has 14 heteroatoms. The molecular weight excluding hydrogens is 575 g/mol. The van der Waals surface area contributed by atoms with Gasteiger partial charge in [0, 0.05) is 43.4 Å². The van der Waals surface area contributed by atoms with Crippen molar-refractivity contribution in [2.45, 2.75) is 50.7 Å². The van der Waals surface area contributed by atoms with Crippen LogP contribution >= 0.6 is 24.8 Å². The number of nitrogens with two attached hydrogens (primary N) is 1. The molecule has 1 aliphatic heterocycles. The highest BCUT2D eigenvalue weighted by Crippen LogP contribution is 2.41. The second-order valence-corrected chi connectivity index (χ2v) is 9.62. The molecular formula is C26H30Cl2F4N6O2. The number of fused-ring (bicyclic) bond motifs is 2. The Labute approximate surface area is 240 Å². The highest BCUT2D eigenvalue weighted by atomic mass is 35.5. The van der Waals surface area contributed by atoms with Gasteiger partial charge in [-0.3, -0.25) is 9.30 Å². The summed E-state index contributed by atoms with van der Waals surface area (Å²) >= 11 is 0. The molecule has 0 aliphatic carbocycles. The van der Waals surface area contributed by atoms with Crippen LogP contribution < -0.4 is 10.5 Å². The van der Waals surface area contributed by atoms with E-state index >= 15 is 0 Å². The Morgan fingerprint density at radius 3 is 2.52 bits per heavy atom. The Balaban J connectivity index is 0.00000220. The van der Waals surface area contributed by atoms with Gasteiger partial charge < -0.3 is 15.2 Å². The predicted octanol–water partition coefficient (Wildman–Crippen LogP) is 5.37. The van der Waals surface area contributed by atoms with Crippen LogP contribution in [0.4, 0.5) is 17.6 Å². The Morgan fingerprint density at radius 1 is 1.12 bits per heavy atom. The molecule has 0 spiro atoms. The number of nitrogens with zero attached hydrogens (tertiary/aromatic N) is 5. The third-order valence-corrected chi connectivity index (χ3v) is 7.09. The van der Waals surface area contributed by atoms with Crippen molar-refractivity contribution in [3.05, 3.63) is 54.0 Å². The SMILES string of the molecule is CO[C@H](C)COc1cc2nc(-c3nnc4ccc([C@H](N5CCC(N)[C@@H]5C)C(F)(F)F)cn34)ccc2cc1F.Cl.Cl. The minimum Gasteiger partial charge on any atom is -0.488 e. The molecule has 4 atom stereocenters. The van der Waals surface area contributed by atoms with E-state index in [2.05, 4.69) is 15.2 Å². The average molecular weight is 605 g/mol. The van der Waals surface area contributed by atoms with Crippen LogP contribution in [0.1, 0.15) is 31.9 Å². The predicted molar refractivity (Wildman–Crippen MR) is 148 cm³/mol. The van der Waals surface area contributed by atoms with E-state index < -0.39 is 24.1 Å². The van der Waals surface area contributed by atoms with Crippen LogP contribution in [-0.4, -0.2) is 69.1 Å². The van der Waals surface area contributed by atoms with E-state index in [0.29, 0.717) is 28.7 Å². The average Bonchev–Trinajstić information content (AvgIpc) is 3.44. The minimum absolute atomic E-state index is 0. The molecule has 0 bridgehead atoms. The molecule has 0 radical (unpaired) electrons. The lowest BCUT2D eigenvalue weighted by Gasteiger charge is -2.34. The summed E-state index contributed by atoms with van der Waals surface area (Å²) in [4.78, 5) is 5.98. The fraction of sp³-hybridized carbons (Fsp3) is 0.423. The minimum atomic E-state index is -4.51. The lowest BCUT2D eigenvalue weighted by atomic mass is 10.1. The first-order valence-corrected chi connectivity index (χ1v) is 12.3. The Hall–Kier alpha value is -2.77. The van der Waals surface area contributed by atoms with Crippen LogP contribution in [0.3, 0.4) is 0 Å². The molecule has 4 heterocycles. The van der Waals surface area contributed by atoms with Gasteiger partial charge in [0.2, 0.25) is 0 Å². The van der Waals surface area contributed by atoms with Gasteiger partial charge in [0.25, 0.3) is 0 Å². The van der Waals surface area contributed by atoms with Crippen LogP contribution in [0.2, 0.25) is 0 Å². The molecule has 4 aromatic rings. The maximum absolute atomic E-state index is 14.5. The molecule has 1 saturated heterocycles. The van der Waals surface area contributed by atoms with Crippen molar-refractivity contribution < 1.29 is 27.0 Å². The van der Waals surface area contributed by atoms with Crippen molar-refractivity contribution in [3.63, 3.8) is 0 Å². The van der Waals surface area contributed by atoms with Crippen molar-refractivity contribution in [3.8, 4) is 17.3 Å². The molecule has 2 N–H and O–H groups in total. The number of pyridine rings is 2. The van der Waals surface area contributed by atoms with E-state index in [1.165, 1.54) is 46.9 Å². The first kappa shape index (κ1) is 31.8. The maximum atomic E-state index is 14.5. The molecule has 3 aromatic heterocycles. The fourth-order valence-corrected chi connectivity index (χ4v) is 4.80. The molecule has 0 saturated carbocycles. The number of methoxy groups -OCH3 is 1. The smallest absolute Gasteiger partial charge is 0.408 e. The lowest BCUT2D eigenvalue weighted by molar-refractivity contribution is -0.188. The summed E-state index contributed by atoms with van der Waals surface area (Å²) in [5.74, 6) is -0.261. The summed E-state index contributed by atoms with van der Waals surface area (Å²) in [5, 5.41) is 8.83. The molecule has 0 amide bonds. The highest BCUT2D eigenvalue weighted by molar-refractivity contribution is 5.85. The number of rotatable bonds is 7. The fourth-order valence-electron chi connectivity index (χ4n) is 4.80. The van der Waals surface area contributed by atoms with Crippen LogP contribution in [0.15, 0.2) is 42.6 Å². The van der Waals surface area contributed by atoms with Crippen molar-refractivity contribution in [1.29, 1.82) is 0 Å². The quantitative estimate of drug-likeness (QED) is 0.284. The van der Waals surface area contributed by atoms with Crippen molar-refractivity contribution in [1.82, 2.24) is 24.5 Å². The molecule has 1 aliphatic rings. The van der Waals surface area contributed by atoms with Gasteiger partial charge >= 0.3 is 6.18 Å². The molecule has 5 rings (SSSR count). The van der Waals surface area contributed by atoms with Crippen LogP contribution in [0, 0.1) is 5.82 Å². The summed E-state index contributed by atoms with van der Waals surface area (Å²) in [7, 11) is 1.53. The number of ether oxygens (including phenoxy) is 2. The number of alkyl halides is 3. The van der Waals surface area contributed by atoms with E-state index in [4.69, 9.17) is 15.2 Å². The second-order valence-electron chi connectivity index (χ2n) is 9.62. The number of benzene rings is 1. The number of halogens is 6. The summed E-state index contributed by atoms with van der Waals surface area (Å²) in [6, 6.07) is 6.43. The molecule has 8 nitrogen and oxygen atoms in total. The largest absolute Gasteiger partial charge is 0.488 e. The third-order valence-electron chi connectivity index (χ3n) is 7.09. The second kappa shape index (κ2) is 12.4. The van der Waals surface area contributed by atoms with E-state index in [9.17, 15) is 17.6 Å². The van der Waals surface area contributed by atoms with Gasteiger partial charge in [-0.05, 0) is 44.0 Å². The third kappa shape index (κ3) is 6.10. The molecule has 40 heavy (non-hydrogen) atoms. The van der Waals surface area contributed by atoms with Crippen molar-refractivity contribution in [2.75, 3.05) is 20.3 Å². The zero-order chi connectivity index (χ0) is 27.2. The monoisotopic (exact) mass is 604 g/mol. The molecule has 1 aromatic carbocycles. The molecule has 218 valence electrons. The van der Waals surface area contributed by atoms with Gasteiger partial charge in [-0.25, -0.2) is 9.37 Å². The van der Waals surface area contributed by atoms with E-state index in [0.717, 1.165) is 0 Å². The standard InChI is InChI=1S/C26H28F4N6O2.2ClH/c1-14(37-3)13-38-22-11-21-16(10-18(22)27)4-6-20(32-21)25-34-33-23-7-5-17(12-36(23)25)24(26(28,29)30)35-9-8-19(31)15(35)2;;/h4-7,10-12,14-15,19,24H,8-9,13,31H2,1-3H3;2*1H/t14-,15+,19?,24+;;/m1../s1. The van der Waals surface area contributed by atoms with Crippen molar-refractivity contribution in [2.24, 2.45) is 5.73 Å². The maximum Gasteiger partial charge on any atom is 0.408 e. The Bertz CT molecular complexity index is 1470. The van der Waals surface area contributed by atoms with Gasteiger partial charge in [-0.15, -0.1) is 35.0 Å². The zero-order valence-electron chi connectivity index (χ0n) is 21.9. The van der Waals surface area contributed by atoms with Crippen LogP contribution in [0.5, 0.6) is 5.75 Å². The van der Waals surface area contributed by atoms with Crippen molar-refractivity contribution >= 4 is 41.4 Å². The number of hydrogen-bond donors (Lipinski definition) is 1. The van der Waals surface area contributed by atoms with Gasteiger partial charge in [0.15, 0.2) is 23.0 Å². The van der Waals surface area contributed by atoms with E-state index in [1.54, 1.807) is 26.0 Å². The number of aromatic nitrogens is 4. The van der Waals surface area contributed by atoms with Gasteiger partial charge in [-0.2, -0.15) is 13.2 Å². The molecule has 1 fully saturated rings. The summed E-state index contributed by atoms with van der Waals surface area (Å²) < 4.78 is 69.6. The topological polar surface area (TPSA) is 90.8 Å².